The first kappa shape index (κ1) is 34.5. The Labute approximate surface area is 334 Å². The van der Waals surface area contributed by atoms with Crippen molar-refractivity contribution in [1.82, 2.24) is 8.96 Å². The molecule has 0 spiro atoms. The number of H-pyrrole nitrogens is 1. The first-order valence-corrected chi connectivity index (χ1v) is 22.8. The number of nitrogens with one attached hydrogen (secondary N) is 1. The number of benzene rings is 8. The van der Waals surface area contributed by atoms with Crippen LogP contribution in [0.25, 0.3) is 54.7 Å². The molecule has 0 bridgehead atoms. The van der Waals surface area contributed by atoms with Crippen molar-refractivity contribution < 1.29 is 8.42 Å². The van der Waals surface area contributed by atoms with Crippen molar-refractivity contribution in [2.24, 2.45) is 0 Å². The van der Waals surface area contributed by atoms with Gasteiger partial charge in [0.25, 0.3) is 10.0 Å². The molecule has 0 amide bonds. The zero-order valence-electron chi connectivity index (χ0n) is 30.4. The third-order valence-electron chi connectivity index (χ3n) is 11.2. The highest BCUT2D eigenvalue weighted by atomic mass is 79.9. The van der Waals surface area contributed by atoms with E-state index in [1.54, 1.807) is 12.1 Å². The maximum Gasteiger partial charge on any atom is 0.268 e. The predicted octanol–water partition coefficient (Wildman–Crippen LogP) is 9.78. The van der Waals surface area contributed by atoms with Gasteiger partial charge in [-0.25, -0.2) is 12.4 Å². The third-order valence-corrected chi connectivity index (χ3v) is 18.2. The molecule has 8 aromatic carbocycles. The number of hydrogen-bond donors (Lipinski definition) is 1. The summed E-state index contributed by atoms with van der Waals surface area (Å²) in [5.41, 5.74) is 6.33. The molecule has 0 fully saturated rings. The van der Waals surface area contributed by atoms with Gasteiger partial charge in [-0.1, -0.05) is 161 Å². The number of rotatable bonds is 7. The van der Waals surface area contributed by atoms with Crippen molar-refractivity contribution in [3.05, 3.63) is 198 Å². The Hall–Kier alpha value is -5.99. The number of fused-ring (bicyclic) bond motifs is 6. The summed E-state index contributed by atoms with van der Waals surface area (Å²) in [5.74, 6) is 0. The number of aryl methyl sites for hydroxylation is 1. The molecule has 2 heterocycles. The summed E-state index contributed by atoms with van der Waals surface area (Å²) in [6, 6.07) is 65.4. The van der Waals surface area contributed by atoms with Crippen LogP contribution in [0.5, 0.6) is 0 Å². The van der Waals surface area contributed by atoms with Crippen LogP contribution in [0.2, 0.25) is 0 Å². The highest BCUT2D eigenvalue weighted by molar-refractivity contribution is 9.10. The molecule has 4 nitrogen and oxygen atoms in total. The lowest BCUT2D eigenvalue weighted by atomic mass is 10.0. The molecule has 0 saturated carbocycles. The minimum Gasteiger partial charge on any atom is -0.354 e. The van der Waals surface area contributed by atoms with Crippen LogP contribution in [0.3, 0.4) is 0 Å². The van der Waals surface area contributed by atoms with Crippen LogP contribution in [-0.2, 0) is 10.0 Å². The van der Waals surface area contributed by atoms with Gasteiger partial charge in [0.1, 0.15) is 0 Å². The summed E-state index contributed by atoms with van der Waals surface area (Å²) in [6.07, 6.45) is 0. The van der Waals surface area contributed by atoms with E-state index in [1.165, 1.54) is 24.7 Å². The highest BCUT2D eigenvalue weighted by Gasteiger charge is 2.41. The summed E-state index contributed by atoms with van der Waals surface area (Å²) in [5, 5.41) is 9.36. The van der Waals surface area contributed by atoms with Crippen molar-refractivity contribution >= 4 is 98.4 Å². The second-order valence-electron chi connectivity index (χ2n) is 14.5. The molecule has 10 rings (SSSR count). The van der Waals surface area contributed by atoms with Gasteiger partial charge in [-0.3, -0.25) is 0 Å². The molecule has 56 heavy (non-hydrogen) atoms. The second-order valence-corrected chi connectivity index (χ2v) is 21.0. The molecule has 0 aliphatic carbocycles. The Bertz CT molecular complexity index is 3120. The molecule has 2 aromatic heterocycles. The van der Waals surface area contributed by atoms with Gasteiger partial charge in [-0.2, -0.15) is 0 Å². The average Bonchev–Trinajstić information content (AvgIpc) is 3.77. The normalized spacial score (nSPS) is 12.2. The molecule has 0 saturated heterocycles. The fourth-order valence-electron chi connectivity index (χ4n) is 8.60. The largest absolute Gasteiger partial charge is 0.354 e. The Kier molecular flexibility index (Phi) is 8.22. The van der Waals surface area contributed by atoms with Gasteiger partial charge in [0, 0.05) is 37.1 Å². The van der Waals surface area contributed by atoms with Crippen molar-refractivity contribution in [2.45, 2.75) is 11.8 Å². The first-order valence-electron chi connectivity index (χ1n) is 18.6. The SMILES string of the molecule is Cc1ccc(S(=O)(=O)n2c3ccc(Br)cc3c3ccc(-c4ccc5c(c4)[nH]c4cc([Si](c6ccccc6)(c6ccccc6)c6ccccc6)ccc45)cc32)cc1. The molecule has 0 aliphatic heterocycles. The standard InChI is InChI=1S/C49H35BrN2O2SSi/c1-33-17-22-37(23-18-33)55(53,54)52-48-28-21-36(50)31-45(48)44-26-20-35(30-49(44)52)34-19-25-42-43-27-24-41(32-47(43)51-46(42)29-34)56(38-11-5-2-6-12-38,39-13-7-3-8-14-39)40-15-9-4-10-16-40/h2-32,51H,1H3. The maximum absolute atomic E-state index is 14.4. The number of nitrogens with zero attached hydrogens (tertiary/aromatic N) is 1. The van der Waals surface area contributed by atoms with E-state index < -0.39 is 18.1 Å². The van der Waals surface area contributed by atoms with E-state index in [4.69, 9.17) is 0 Å². The van der Waals surface area contributed by atoms with E-state index >= 15 is 0 Å². The lowest BCUT2D eigenvalue weighted by molar-refractivity contribution is 0.590. The van der Waals surface area contributed by atoms with Gasteiger partial charge in [0.05, 0.1) is 15.9 Å². The van der Waals surface area contributed by atoms with E-state index in [2.05, 4.69) is 154 Å². The van der Waals surface area contributed by atoms with Crippen LogP contribution in [0.1, 0.15) is 5.56 Å². The fourth-order valence-corrected chi connectivity index (χ4v) is 15.3. The topological polar surface area (TPSA) is 54.9 Å². The van der Waals surface area contributed by atoms with Crippen LogP contribution >= 0.6 is 15.9 Å². The molecular formula is C49H35BrN2O2SSi. The van der Waals surface area contributed by atoms with Gasteiger partial charge in [0.2, 0.25) is 0 Å². The van der Waals surface area contributed by atoms with Gasteiger partial charge in [0.15, 0.2) is 8.07 Å². The summed E-state index contributed by atoms with van der Waals surface area (Å²) in [7, 11) is -6.60. The molecular weight excluding hydrogens is 789 g/mol. The second kappa shape index (κ2) is 13.3. The summed E-state index contributed by atoms with van der Waals surface area (Å²) >= 11 is 3.61. The average molecular weight is 824 g/mol. The fraction of sp³-hybridized carbons (Fsp3) is 0.0204. The van der Waals surface area contributed by atoms with Gasteiger partial charge >= 0.3 is 0 Å². The molecule has 1 N–H and O–H groups in total. The lowest BCUT2D eigenvalue weighted by Gasteiger charge is -2.34. The minimum atomic E-state index is -3.91. The molecule has 10 aromatic rings. The van der Waals surface area contributed by atoms with Crippen LogP contribution in [0, 0.1) is 6.92 Å². The van der Waals surface area contributed by atoms with Gasteiger partial charge in [-0.05, 0) is 87.3 Å². The predicted molar refractivity (Wildman–Crippen MR) is 239 cm³/mol. The number of hydrogen-bond acceptors (Lipinski definition) is 2. The van der Waals surface area contributed by atoms with Crippen LogP contribution in [0.4, 0.5) is 0 Å². The third kappa shape index (κ3) is 5.41. The monoisotopic (exact) mass is 822 g/mol. The smallest absolute Gasteiger partial charge is 0.268 e. The minimum absolute atomic E-state index is 0.257. The number of aromatic nitrogens is 2. The molecule has 0 unspecified atom stereocenters. The van der Waals surface area contributed by atoms with Crippen LogP contribution in [0.15, 0.2) is 197 Å². The van der Waals surface area contributed by atoms with Crippen molar-refractivity contribution in [2.75, 3.05) is 0 Å². The van der Waals surface area contributed by atoms with E-state index in [0.717, 1.165) is 53.7 Å². The maximum atomic E-state index is 14.4. The highest BCUT2D eigenvalue weighted by Crippen LogP contribution is 2.37. The molecule has 0 aliphatic rings. The Morgan fingerprint density at radius 2 is 1.02 bits per heavy atom. The quantitative estimate of drug-likeness (QED) is 0.129. The Balaban J connectivity index is 1.14. The zero-order chi connectivity index (χ0) is 38.0. The molecule has 0 radical (unpaired) electrons. The Morgan fingerprint density at radius 3 is 1.62 bits per heavy atom. The lowest BCUT2D eigenvalue weighted by Crippen LogP contribution is -2.74. The van der Waals surface area contributed by atoms with Crippen LogP contribution < -0.4 is 20.7 Å². The number of halogens is 1. The molecule has 270 valence electrons. The van der Waals surface area contributed by atoms with Crippen molar-refractivity contribution in [3.63, 3.8) is 0 Å². The van der Waals surface area contributed by atoms with E-state index in [-0.39, 0.29) is 4.90 Å². The van der Waals surface area contributed by atoms with Crippen LogP contribution in [-0.4, -0.2) is 25.4 Å². The van der Waals surface area contributed by atoms with Crippen molar-refractivity contribution in [3.8, 4) is 11.1 Å². The summed E-state index contributed by atoms with van der Waals surface area (Å²) < 4.78 is 31.1. The molecule has 7 heteroatoms. The zero-order valence-corrected chi connectivity index (χ0v) is 33.9. The first-order chi connectivity index (χ1) is 27.3. The van der Waals surface area contributed by atoms with Gasteiger partial charge in [-0.15, -0.1) is 0 Å². The van der Waals surface area contributed by atoms with Crippen molar-refractivity contribution in [1.29, 1.82) is 0 Å². The van der Waals surface area contributed by atoms with E-state index in [1.807, 2.05) is 49.4 Å². The number of aromatic amines is 1. The summed E-state index contributed by atoms with van der Waals surface area (Å²) in [6.45, 7) is 1.96. The van der Waals surface area contributed by atoms with Gasteiger partial charge < -0.3 is 4.98 Å². The van der Waals surface area contributed by atoms with E-state index in [0.29, 0.717) is 11.0 Å². The summed E-state index contributed by atoms with van der Waals surface area (Å²) in [4.78, 5) is 4.05. The Morgan fingerprint density at radius 1 is 0.482 bits per heavy atom. The van der Waals surface area contributed by atoms with E-state index in [9.17, 15) is 8.42 Å². The molecule has 0 atom stereocenters.